The number of esters is 1. The van der Waals surface area contributed by atoms with E-state index >= 15 is 0 Å². The fraction of sp³-hybridized carbons (Fsp3) is 0.767. The third-order valence-corrected chi connectivity index (χ3v) is 3.13. The molecule has 14 nitrogen and oxygen atoms in total. The minimum absolute atomic E-state index is 0.0162. The molecule has 6 N–H and O–H groups in total. The zero-order valence-electron chi connectivity index (χ0n) is 34.4. The Hall–Kier alpha value is -3.71. The van der Waals surface area contributed by atoms with Gasteiger partial charge in [0.15, 0.2) is 0 Å². The summed E-state index contributed by atoms with van der Waals surface area (Å²) in [4.78, 5) is 69.3. The number of carboxylic acids is 6. The summed E-state index contributed by atoms with van der Waals surface area (Å²) >= 11 is 0. The van der Waals surface area contributed by atoms with Crippen molar-refractivity contribution in [2.45, 2.75) is 145 Å². The molecule has 0 rings (SSSR count). The van der Waals surface area contributed by atoms with Crippen LogP contribution < -0.4 is 0 Å². The van der Waals surface area contributed by atoms with Gasteiger partial charge in [0.25, 0.3) is 1.43 Å². The first-order valence-electron chi connectivity index (χ1n) is 17.5. The summed E-state index contributed by atoms with van der Waals surface area (Å²) in [5, 5.41) is 43.3. The Balaban J connectivity index is -0.0000000891. The highest BCUT2D eigenvalue weighted by Crippen LogP contribution is 1.89. The highest BCUT2D eigenvalue weighted by molar-refractivity contribution is 5.69. The Kier molecular flexibility index (Phi) is 45.3. The lowest BCUT2D eigenvalue weighted by Gasteiger charge is -1.96. The average Bonchev–Trinajstić information content (AvgIpc) is 3.02. The zero-order valence-corrected chi connectivity index (χ0v) is 27.4. The Labute approximate surface area is 272 Å². The van der Waals surface area contributed by atoms with Crippen LogP contribution in [0, 0.1) is 0 Å². The first-order chi connectivity index (χ1) is 23.2. The van der Waals surface area contributed by atoms with Gasteiger partial charge in [-0.25, -0.2) is 0 Å². The van der Waals surface area contributed by atoms with E-state index in [9.17, 15) is 33.6 Å². The van der Waals surface area contributed by atoms with Gasteiger partial charge in [0.2, 0.25) is 0 Å². The monoisotopic (exact) mass is 651 g/mol. The number of hydrogen-bond donors (Lipinski definition) is 6. The van der Waals surface area contributed by atoms with Gasteiger partial charge in [0.05, 0.1) is 6.61 Å². The lowest BCUT2D eigenvalue weighted by Crippen LogP contribution is -2.01. The molecule has 0 fully saturated rings. The molecule has 0 saturated carbocycles. The first kappa shape index (κ1) is 38.3. The van der Waals surface area contributed by atoms with E-state index in [2.05, 4.69) is 9.85 Å². The largest absolute Gasteiger partial charge is 0.481 e. The van der Waals surface area contributed by atoms with E-state index in [4.69, 9.17) is 35.2 Å². The van der Waals surface area contributed by atoms with Crippen LogP contribution in [0.25, 0.3) is 1.43 Å². The summed E-state index contributed by atoms with van der Waals surface area (Å²) in [6, 6.07) is 0. The second-order valence-corrected chi connectivity index (χ2v) is 7.47. The summed E-state index contributed by atoms with van der Waals surface area (Å²) < 4.78 is 51.2. The van der Waals surface area contributed by atoms with Crippen molar-refractivity contribution in [2.75, 3.05) is 6.61 Å². The summed E-state index contributed by atoms with van der Waals surface area (Å²) in [6.45, 7) is 14.3. The van der Waals surface area contributed by atoms with E-state index in [1.807, 2.05) is 34.6 Å². The van der Waals surface area contributed by atoms with Crippen LogP contribution in [0.5, 0.6) is 0 Å². The minimum Gasteiger partial charge on any atom is -0.481 e. The Morgan fingerprint density at radius 3 is 0.818 bits per heavy atom. The highest BCUT2D eigenvalue weighted by Gasteiger charge is 1.95. The number of rotatable bonds is 15. The molecular formula is C30H60O14. The molecule has 14 heteroatoms. The third kappa shape index (κ3) is 129. The maximum absolute atomic E-state index is 10.4. The molecule has 0 spiro atoms. The minimum atomic E-state index is -2.04. The molecule has 0 atom stereocenters. The number of aliphatic carboxylic acids is 6. The normalized spacial score (nSPS) is 11.5. The van der Waals surface area contributed by atoms with E-state index in [1.54, 1.807) is 0 Å². The second-order valence-electron chi connectivity index (χ2n) is 7.47. The molecule has 264 valence electrons. The number of ether oxygens (including phenoxy) is 1. The van der Waals surface area contributed by atoms with Gasteiger partial charge in [0, 0.05) is 53.0 Å². The highest BCUT2D eigenvalue weighted by atomic mass is 16.5. The number of carbonyl (C=O) groups is 7. The predicted molar refractivity (Wildman–Crippen MR) is 167 cm³/mol. The quantitative estimate of drug-likeness (QED) is 0.102. The van der Waals surface area contributed by atoms with Crippen LogP contribution in [0.15, 0.2) is 0 Å². The van der Waals surface area contributed by atoms with E-state index in [1.165, 1.54) is 20.8 Å². The van der Waals surface area contributed by atoms with Crippen LogP contribution in [0.1, 0.15) is 153 Å². The van der Waals surface area contributed by atoms with Crippen molar-refractivity contribution in [3.8, 4) is 0 Å². The molecule has 0 saturated heterocycles. The Morgan fingerprint density at radius 1 is 0.455 bits per heavy atom. The SMILES string of the molecule is CCCC(=O)O.CCCC(=O)O.CCCC(=O)O.CCCC(=O)OCC.[2H]C([2H])(CC)C(=O)O.[2H]C([2H])(CC)C(=O)O.[2H]OC(=O)C([2H])([2H])CC. The average molecular weight is 652 g/mol. The standard InChI is InChI=1S/C6H12O2.6C4H8O2/c1-3-5-6(7)8-4-2;6*1-2-3-4(5)6/h3-5H2,1-2H3;6*2-3H2,1H3,(H,5,6)/i;3*3D2;;;/hD. The number of carboxylic acid groups (broad SMARTS) is 6. The van der Waals surface area contributed by atoms with Gasteiger partial charge in [-0.05, 0) is 51.9 Å². The molecule has 0 unspecified atom stereocenters. The maximum atomic E-state index is 10.4. The molecule has 0 aliphatic rings. The van der Waals surface area contributed by atoms with Crippen molar-refractivity contribution < 1.29 is 77.2 Å². The second kappa shape index (κ2) is 52.0. The molecule has 0 aromatic rings. The van der Waals surface area contributed by atoms with Crippen molar-refractivity contribution in [3.63, 3.8) is 0 Å². The third-order valence-electron chi connectivity index (χ3n) is 3.13. The molecule has 0 aromatic carbocycles. The molecule has 0 heterocycles. The lowest BCUT2D eigenvalue weighted by atomic mass is 10.3. The lowest BCUT2D eigenvalue weighted by molar-refractivity contribution is -0.143. The van der Waals surface area contributed by atoms with Gasteiger partial charge < -0.3 is 35.4 Å². The van der Waals surface area contributed by atoms with Crippen LogP contribution in [-0.4, -0.2) is 79.0 Å². The van der Waals surface area contributed by atoms with Gasteiger partial charge in [-0.3, -0.25) is 33.6 Å². The summed E-state index contributed by atoms with van der Waals surface area (Å²) in [7, 11) is 0. The van der Waals surface area contributed by atoms with Gasteiger partial charge in [0.1, 0.15) is 0 Å². The van der Waals surface area contributed by atoms with Crippen molar-refractivity contribution >= 4 is 41.8 Å². The topological polar surface area (TPSA) is 250 Å². The zero-order chi connectivity index (χ0) is 42.4. The van der Waals surface area contributed by atoms with Crippen LogP contribution in [0.4, 0.5) is 0 Å². The van der Waals surface area contributed by atoms with Gasteiger partial charge in [-0.1, -0.05) is 48.5 Å². The van der Waals surface area contributed by atoms with Crippen LogP contribution in [-0.2, 0) is 38.3 Å². The fourth-order valence-corrected chi connectivity index (χ4v) is 1.53. The van der Waals surface area contributed by atoms with E-state index in [0.29, 0.717) is 32.3 Å². The van der Waals surface area contributed by atoms with Crippen LogP contribution in [0.3, 0.4) is 0 Å². The van der Waals surface area contributed by atoms with Gasteiger partial charge in [-0.2, -0.15) is 0 Å². The van der Waals surface area contributed by atoms with E-state index in [-0.39, 0.29) is 25.2 Å². The van der Waals surface area contributed by atoms with Crippen LogP contribution >= 0.6 is 0 Å². The fourth-order valence-electron chi connectivity index (χ4n) is 1.53. The molecule has 0 amide bonds. The maximum Gasteiger partial charge on any atom is 0.305 e. The number of carbonyl (C=O) groups excluding carboxylic acids is 1. The van der Waals surface area contributed by atoms with E-state index < -0.39 is 54.9 Å². The van der Waals surface area contributed by atoms with Gasteiger partial charge >= 0.3 is 41.8 Å². The molecule has 0 aromatic heterocycles. The van der Waals surface area contributed by atoms with Crippen LogP contribution in [0.2, 0.25) is 0 Å². The summed E-state index contributed by atoms with van der Waals surface area (Å²) in [6.07, 6.45) is -1.52. The van der Waals surface area contributed by atoms with Crippen molar-refractivity contribution in [1.82, 2.24) is 0 Å². The Morgan fingerprint density at radius 2 is 0.727 bits per heavy atom. The smallest absolute Gasteiger partial charge is 0.305 e. The molecule has 0 bridgehead atoms. The van der Waals surface area contributed by atoms with Crippen molar-refractivity contribution in [3.05, 3.63) is 0 Å². The van der Waals surface area contributed by atoms with Gasteiger partial charge in [-0.15, -0.1) is 0 Å². The predicted octanol–water partition coefficient (Wildman–Crippen LogP) is 6.58. The summed E-state index contributed by atoms with van der Waals surface area (Å²) in [5.41, 5.74) is 0. The molecular weight excluding hydrogens is 584 g/mol. The number of hydrogen-bond acceptors (Lipinski definition) is 9. The van der Waals surface area contributed by atoms with Crippen molar-refractivity contribution in [1.29, 1.82) is 1.43 Å². The molecule has 44 heavy (non-hydrogen) atoms. The first-order valence-corrected chi connectivity index (χ1v) is 14.1. The molecule has 0 aliphatic carbocycles. The summed E-state index contributed by atoms with van der Waals surface area (Å²) in [5.74, 6) is -6.13. The van der Waals surface area contributed by atoms with E-state index in [0.717, 1.165) is 25.7 Å². The molecule has 0 aliphatic heterocycles. The molecule has 0 radical (unpaired) electrons. The Bertz CT molecular complexity index is 876. The van der Waals surface area contributed by atoms with Crippen molar-refractivity contribution in [2.24, 2.45) is 0 Å².